The molecule has 1 amide bonds. The van der Waals surface area contributed by atoms with Crippen LogP contribution in [-0.4, -0.2) is 62.4 Å². The number of H-pyrrole nitrogens is 1. The van der Waals surface area contributed by atoms with Gasteiger partial charge in [0.25, 0.3) is 5.91 Å². The summed E-state index contributed by atoms with van der Waals surface area (Å²) < 4.78 is 11.6. The molecule has 1 saturated heterocycles. The van der Waals surface area contributed by atoms with Crippen LogP contribution < -0.4 is 5.32 Å². The number of methoxy groups -OCH3 is 1. The van der Waals surface area contributed by atoms with Gasteiger partial charge in [0.1, 0.15) is 5.69 Å². The normalized spacial score (nSPS) is 15.9. The van der Waals surface area contributed by atoms with Crippen LogP contribution in [0.2, 0.25) is 0 Å². The van der Waals surface area contributed by atoms with Crippen molar-refractivity contribution in [3.05, 3.63) is 22.2 Å². The van der Waals surface area contributed by atoms with Crippen LogP contribution in [0.25, 0.3) is 10.2 Å². The third kappa shape index (κ3) is 3.97. The number of carbonyl (C=O) groups is 1. The van der Waals surface area contributed by atoms with Crippen LogP contribution >= 0.6 is 11.3 Å². The average molecular weight is 351 g/mol. The maximum absolute atomic E-state index is 12.6. The number of rotatable bonds is 7. The molecule has 2 aromatic heterocycles. The minimum atomic E-state index is -0.0320. The molecule has 0 radical (unpaired) electrons. The van der Waals surface area contributed by atoms with Gasteiger partial charge in [0.05, 0.1) is 23.4 Å². The Morgan fingerprint density at radius 1 is 1.46 bits per heavy atom. The summed E-state index contributed by atoms with van der Waals surface area (Å²) in [5, 5.41) is 2.99. The highest BCUT2D eigenvalue weighted by Gasteiger charge is 2.22. The first-order chi connectivity index (χ1) is 11.7. The van der Waals surface area contributed by atoms with E-state index in [-0.39, 0.29) is 5.91 Å². The zero-order chi connectivity index (χ0) is 16.9. The highest BCUT2D eigenvalue weighted by atomic mass is 32.1. The average Bonchev–Trinajstić information content (AvgIpc) is 3.10. The van der Waals surface area contributed by atoms with Crippen molar-refractivity contribution in [2.24, 2.45) is 0 Å². The Morgan fingerprint density at radius 3 is 3.00 bits per heavy atom. The molecule has 3 rings (SSSR count). The second kappa shape index (κ2) is 8.11. The van der Waals surface area contributed by atoms with E-state index in [0.29, 0.717) is 18.8 Å². The number of aromatic nitrogens is 1. The van der Waals surface area contributed by atoms with Gasteiger partial charge in [-0.15, -0.1) is 11.3 Å². The molecule has 1 aliphatic rings. The van der Waals surface area contributed by atoms with Gasteiger partial charge >= 0.3 is 0 Å². The van der Waals surface area contributed by atoms with Crippen LogP contribution in [0.4, 0.5) is 0 Å². The molecule has 0 bridgehead atoms. The van der Waals surface area contributed by atoms with E-state index in [9.17, 15) is 4.79 Å². The number of carbonyl (C=O) groups excluding carboxylic acids is 1. The largest absolute Gasteiger partial charge is 0.385 e. The van der Waals surface area contributed by atoms with E-state index in [1.54, 1.807) is 18.4 Å². The van der Waals surface area contributed by atoms with Crippen LogP contribution in [-0.2, 0) is 16.0 Å². The Morgan fingerprint density at radius 2 is 2.25 bits per heavy atom. The van der Waals surface area contributed by atoms with Crippen LogP contribution in [0.15, 0.2) is 6.07 Å². The van der Waals surface area contributed by atoms with Crippen molar-refractivity contribution in [3.63, 3.8) is 0 Å². The van der Waals surface area contributed by atoms with E-state index in [2.05, 4.69) is 28.2 Å². The summed E-state index contributed by atoms with van der Waals surface area (Å²) >= 11 is 1.75. The van der Waals surface area contributed by atoms with E-state index < -0.39 is 0 Å². The van der Waals surface area contributed by atoms with Crippen LogP contribution in [0.5, 0.6) is 0 Å². The fourth-order valence-corrected chi connectivity index (χ4v) is 4.00. The number of nitrogens with zero attached hydrogens (tertiary/aromatic N) is 1. The van der Waals surface area contributed by atoms with Gasteiger partial charge in [-0.2, -0.15) is 0 Å². The molecule has 0 aliphatic carbocycles. The molecule has 6 nitrogen and oxygen atoms in total. The second-order valence-corrected chi connectivity index (χ2v) is 7.33. The van der Waals surface area contributed by atoms with Crippen molar-refractivity contribution < 1.29 is 14.3 Å². The van der Waals surface area contributed by atoms with Crippen molar-refractivity contribution in [2.75, 3.05) is 46.6 Å². The van der Waals surface area contributed by atoms with Crippen LogP contribution in [0.1, 0.15) is 27.3 Å². The fraction of sp³-hybridized carbons (Fsp3) is 0.588. The molecular formula is C17H25N3O3S. The summed E-state index contributed by atoms with van der Waals surface area (Å²) in [7, 11) is 1.67. The number of nitrogens with one attached hydrogen (secondary N) is 2. The zero-order valence-corrected chi connectivity index (χ0v) is 15.1. The van der Waals surface area contributed by atoms with Crippen molar-refractivity contribution in [1.82, 2.24) is 15.2 Å². The monoisotopic (exact) mass is 351 g/mol. The molecule has 0 saturated carbocycles. The Kier molecular flexibility index (Phi) is 5.89. The maximum atomic E-state index is 12.6. The van der Waals surface area contributed by atoms with Gasteiger partial charge in [0.15, 0.2) is 0 Å². The second-order valence-electron chi connectivity index (χ2n) is 6.07. The zero-order valence-electron chi connectivity index (χ0n) is 14.3. The number of hydrogen-bond donors (Lipinski definition) is 2. The summed E-state index contributed by atoms with van der Waals surface area (Å²) in [4.78, 5) is 19.5. The number of ether oxygens (including phenoxy) is 2. The maximum Gasteiger partial charge on any atom is 0.268 e. The Bertz CT molecular complexity index is 689. The Balaban J connectivity index is 1.79. The summed E-state index contributed by atoms with van der Waals surface area (Å²) in [6.45, 7) is 7.49. The van der Waals surface area contributed by atoms with Crippen LogP contribution in [0.3, 0.4) is 0 Å². The molecule has 24 heavy (non-hydrogen) atoms. The van der Waals surface area contributed by atoms with Crippen molar-refractivity contribution in [1.29, 1.82) is 0 Å². The number of aromatic amines is 1. The molecule has 1 aliphatic heterocycles. The molecule has 0 spiro atoms. The predicted molar refractivity (Wildman–Crippen MR) is 95.8 cm³/mol. The molecule has 3 heterocycles. The van der Waals surface area contributed by atoms with Gasteiger partial charge in [-0.1, -0.05) is 0 Å². The highest BCUT2D eigenvalue weighted by Crippen LogP contribution is 2.31. The lowest BCUT2D eigenvalue weighted by Crippen LogP contribution is -2.36. The molecule has 0 unspecified atom stereocenters. The first-order valence-electron chi connectivity index (χ1n) is 8.37. The number of amides is 1. The minimum absolute atomic E-state index is 0.0320. The molecule has 2 aromatic rings. The van der Waals surface area contributed by atoms with Gasteiger partial charge < -0.3 is 19.8 Å². The van der Waals surface area contributed by atoms with Crippen molar-refractivity contribution >= 4 is 27.5 Å². The van der Waals surface area contributed by atoms with Crippen molar-refractivity contribution in [3.8, 4) is 0 Å². The lowest BCUT2D eigenvalue weighted by atomic mass is 10.2. The van der Waals surface area contributed by atoms with E-state index in [4.69, 9.17) is 9.47 Å². The molecule has 132 valence electrons. The number of hydrogen-bond acceptors (Lipinski definition) is 5. The highest BCUT2D eigenvalue weighted by molar-refractivity contribution is 7.19. The number of aryl methyl sites for hydroxylation is 1. The number of thiophene rings is 1. The van der Waals surface area contributed by atoms with Gasteiger partial charge in [-0.3, -0.25) is 9.69 Å². The Labute approximate surface area is 146 Å². The quantitative estimate of drug-likeness (QED) is 0.750. The third-order valence-electron chi connectivity index (χ3n) is 4.21. The molecule has 1 fully saturated rings. The fourth-order valence-electron chi connectivity index (χ4n) is 2.99. The summed E-state index contributed by atoms with van der Waals surface area (Å²) in [6, 6.07) is 2.12. The molecule has 7 heteroatoms. The Hall–Kier alpha value is -1.41. The van der Waals surface area contributed by atoms with Crippen molar-refractivity contribution in [2.45, 2.75) is 19.9 Å². The molecule has 0 atom stereocenters. The minimum Gasteiger partial charge on any atom is -0.385 e. The smallest absolute Gasteiger partial charge is 0.268 e. The summed E-state index contributed by atoms with van der Waals surface area (Å²) in [6.07, 6.45) is 0.815. The summed E-state index contributed by atoms with van der Waals surface area (Å²) in [5.74, 6) is -0.0320. The van der Waals surface area contributed by atoms with E-state index >= 15 is 0 Å². The lowest BCUT2D eigenvalue weighted by Gasteiger charge is -2.26. The lowest BCUT2D eigenvalue weighted by molar-refractivity contribution is 0.0342. The van der Waals surface area contributed by atoms with E-state index in [1.165, 1.54) is 9.58 Å². The predicted octanol–water partition coefficient (Wildman–Crippen LogP) is 2.14. The van der Waals surface area contributed by atoms with Gasteiger partial charge in [-0.05, 0) is 19.4 Å². The first kappa shape index (κ1) is 17.4. The van der Waals surface area contributed by atoms with Crippen LogP contribution in [0, 0.1) is 6.92 Å². The standard InChI is InChI=1S/C17H25N3O3S/c1-12-10-14-16(24-12)13(11-20-5-8-23-9-6-20)15(19-14)17(21)18-4-3-7-22-2/h10,19H,3-9,11H2,1-2H3,(H,18,21). The first-order valence-corrected chi connectivity index (χ1v) is 9.19. The van der Waals surface area contributed by atoms with Gasteiger partial charge in [-0.25, -0.2) is 0 Å². The van der Waals surface area contributed by atoms with E-state index in [1.807, 2.05) is 0 Å². The summed E-state index contributed by atoms with van der Waals surface area (Å²) in [5.41, 5.74) is 2.86. The number of fused-ring (bicyclic) bond motifs is 1. The SMILES string of the molecule is COCCCNC(=O)c1[nH]c2cc(C)sc2c1CN1CCOCC1. The number of morpholine rings is 1. The molecular weight excluding hydrogens is 326 g/mol. The van der Waals surface area contributed by atoms with E-state index in [0.717, 1.165) is 50.3 Å². The third-order valence-corrected chi connectivity index (χ3v) is 5.32. The topological polar surface area (TPSA) is 66.6 Å². The van der Waals surface area contributed by atoms with Gasteiger partial charge in [0, 0.05) is 50.3 Å². The van der Waals surface area contributed by atoms with Gasteiger partial charge in [0.2, 0.25) is 0 Å². The molecule has 0 aromatic carbocycles. The molecule has 2 N–H and O–H groups in total.